The number of benzene rings is 1. The molecule has 32 heavy (non-hydrogen) atoms. The van der Waals surface area contributed by atoms with Crippen LogP contribution in [0.25, 0.3) is 5.57 Å². The van der Waals surface area contributed by atoms with E-state index in [0.29, 0.717) is 18.0 Å². The molecule has 0 bridgehead atoms. The summed E-state index contributed by atoms with van der Waals surface area (Å²) in [6.07, 6.45) is 10.5. The highest BCUT2D eigenvalue weighted by molar-refractivity contribution is 6.02. The molecule has 178 valence electrons. The van der Waals surface area contributed by atoms with Gasteiger partial charge in [-0.25, -0.2) is 0 Å². The number of nitrogens with zero attached hydrogens (tertiary/aromatic N) is 1. The fourth-order valence-corrected chi connectivity index (χ4v) is 5.65. The number of carbonyl (C=O) groups excluding carboxylic acids is 1. The van der Waals surface area contributed by atoms with Gasteiger partial charge in [-0.3, -0.25) is 9.69 Å². The molecule has 1 aromatic carbocycles. The van der Waals surface area contributed by atoms with Gasteiger partial charge in [-0.05, 0) is 94.2 Å². The lowest BCUT2D eigenvalue weighted by Gasteiger charge is -2.35. The molecule has 2 aliphatic rings. The molecular formula is C28H44N2O2. The minimum absolute atomic E-state index is 0.143. The average Bonchev–Trinajstić information content (AvgIpc) is 2.94. The third-order valence-corrected chi connectivity index (χ3v) is 7.40. The maximum Gasteiger partial charge on any atom is 0.247 e. The highest BCUT2D eigenvalue weighted by Crippen LogP contribution is 2.42. The quantitative estimate of drug-likeness (QED) is 0.430. The van der Waals surface area contributed by atoms with Gasteiger partial charge in [0.05, 0.1) is 7.11 Å². The number of hydrogen-bond donors (Lipinski definition) is 1. The van der Waals surface area contributed by atoms with Crippen molar-refractivity contribution in [3.8, 4) is 5.75 Å². The molecule has 2 atom stereocenters. The lowest BCUT2D eigenvalue weighted by atomic mass is 9.75. The molecule has 4 nitrogen and oxygen atoms in total. The van der Waals surface area contributed by atoms with E-state index in [1.165, 1.54) is 48.8 Å². The van der Waals surface area contributed by atoms with E-state index < -0.39 is 0 Å². The Morgan fingerprint density at radius 3 is 2.62 bits per heavy atom. The standard InChI is InChI=1S/C28H44N2O2/c1-6-7-8-9-10-17-30(20(2)3)21(4)18-26-27-22(15-16-29-28(26)31)11-12-23-19-24(32-5)13-14-25(23)27/h13-14,19-22H,6-12,15-18H2,1-5H3,(H,29,31). The number of nitrogens with one attached hydrogen (secondary N) is 1. The normalized spacial score (nSPS) is 19.5. The number of allylic oxidation sites excluding steroid dienone is 1. The monoisotopic (exact) mass is 440 g/mol. The van der Waals surface area contributed by atoms with Gasteiger partial charge >= 0.3 is 0 Å². The van der Waals surface area contributed by atoms with Gasteiger partial charge < -0.3 is 10.1 Å². The zero-order valence-corrected chi connectivity index (χ0v) is 21.0. The Balaban J connectivity index is 1.86. The van der Waals surface area contributed by atoms with Crippen LogP contribution in [-0.2, 0) is 11.2 Å². The molecule has 0 radical (unpaired) electrons. The van der Waals surface area contributed by atoms with Gasteiger partial charge in [-0.2, -0.15) is 0 Å². The molecule has 0 aromatic heterocycles. The van der Waals surface area contributed by atoms with Crippen molar-refractivity contribution in [2.75, 3.05) is 20.2 Å². The molecule has 3 rings (SSSR count). The minimum atomic E-state index is 0.143. The van der Waals surface area contributed by atoms with E-state index >= 15 is 0 Å². The first-order valence-electron chi connectivity index (χ1n) is 12.9. The molecular weight excluding hydrogens is 396 g/mol. The number of methoxy groups -OCH3 is 1. The Morgan fingerprint density at radius 2 is 1.91 bits per heavy atom. The summed E-state index contributed by atoms with van der Waals surface area (Å²) in [7, 11) is 1.72. The fourth-order valence-electron chi connectivity index (χ4n) is 5.65. The van der Waals surface area contributed by atoms with Gasteiger partial charge in [0.25, 0.3) is 0 Å². The van der Waals surface area contributed by atoms with Crippen LogP contribution in [0.4, 0.5) is 0 Å². The van der Waals surface area contributed by atoms with Gasteiger partial charge in [0.2, 0.25) is 5.91 Å². The molecule has 0 fully saturated rings. The van der Waals surface area contributed by atoms with E-state index in [2.05, 4.69) is 56.1 Å². The van der Waals surface area contributed by atoms with Crippen molar-refractivity contribution < 1.29 is 9.53 Å². The summed E-state index contributed by atoms with van der Waals surface area (Å²) < 4.78 is 5.47. The Kier molecular flexibility index (Phi) is 9.22. The van der Waals surface area contributed by atoms with Gasteiger partial charge in [-0.15, -0.1) is 0 Å². The SMILES string of the molecule is CCCCCCCN(C(C)C)C(C)CC1=C2c3ccc(OC)cc3CCC2CCNC1=O. The largest absolute Gasteiger partial charge is 0.497 e. The first-order valence-corrected chi connectivity index (χ1v) is 12.9. The zero-order chi connectivity index (χ0) is 23.1. The van der Waals surface area contributed by atoms with Crippen molar-refractivity contribution in [3.05, 3.63) is 34.9 Å². The predicted octanol–water partition coefficient (Wildman–Crippen LogP) is 5.99. The van der Waals surface area contributed by atoms with Crippen molar-refractivity contribution in [1.82, 2.24) is 10.2 Å². The number of fused-ring (bicyclic) bond motifs is 3. The summed E-state index contributed by atoms with van der Waals surface area (Å²) in [5, 5.41) is 3.20. The van der Waals surface area contributed by atoms with Crippen molar-refractivity contribution >= 4 is 11.5 Å². The molecule has 0 saturated heterocycles. The molecule has 1 aliphatic heterocycles. The van der Waals surface area contributed by atoms with Gasteiger partial charge in [0.1, 0.15) is 5.75 Å². The smallest absolute Gasteiger partial charge is 0.247 e. The third kappa shape index (κ3) is 5.95. The number of amides is 1. The van der Waals surface area contributed by atoms with Gasteiger partial charge in [0.15, 0.2) is 0 Å². The van der Waals surface area contributed by atoms with E-state index in [1.54, 1.807) is 7.11 Å². The van der Waals surface area contributed by atoms with Crippen LogP contribution in [-0.4, -0.2) is 43.1 Å². The maximum absolute atomic E-state index is 13.3. The van der Waals surface area contributed by atoms with Crippen LogP contribution in [0.5, 0.6) is 5.75 Å². The van der Waals surface area contributed by atoms with E-state index in [0.717, 1.165) is 50.1 Å². The van der Waals surface area contributed by atoms with Crippen molar-refractivity contribution in [2.45, 2.75) is 97.6 Å². The van der Waals surface area contributed by atoms with Crippen LogP contribution in [0, 0.1) is 5.92 Å². The molecule has 1 aromatic rings. The summed E-state index contributed by atoms with van der Waals surface area (Å²) in [5.41, 5.74) is 4.93. The number of hydrogen-bond acceptors (Lipinski definition) is 3. The third-order valence-electron chi connectivity index (χ3n) is 7.40. The predicted molar refractivity (Wildman–Crippen MR) is 134 cm³/mol. The van der Waals surface area contributed by atoms with E-state index in [1.807, 2.05) is 0 Å². The fraction of sp³-hybridized carbons (Fsp3) is 0.679. The lowest BCUT2D eigenvalue weighted by molar-refractivity contribution is -0.117. The topological polar surface area (TPSA) is 41.6 Å². The highest BCUT2D eigenvalue weighted by Gasteiger charge is 2.33. The van der Waals surface area contributed by atoms with E-state index in [4.69, 9.17) is 4.74 Å². The van der Waals surface area contributed by atoms with E-state index in [-0.39, 0.29) is 5.91 Å². The Bertz CT molecular complexity index is 799. The Morgan fingerprint density at radius 1 is 1.12 bits per heavy atom. The van der Waals surface area contributed by atoms with Crippen LogP contribution in [0.15, 0.2) is 23.8 Å². The van der Waals surface area contributed by atoms with Crippen LogP contribution >= 0.6 is 0 Å². The van der Waals surface area contributed by atoms with Crippen molar-refractivity contribution in [2.24, 2.45) is 5.92 Å². The van der Waals surface area contributed by atoms with Gasteiger partial charge in [0, 0.05) is 24.2 Å². The summed E-state index contributed by atoms with van der Waals surface area (Å²) in [6.45, 7) is 11.1. The second kappa shape index (κ2) is 11.9. The molecule has 0 spiro atoms. The molecule has 1 N–H and O–H groups in total. The molecule has 1 heterocycles. The number of aryl methyl sites for hydroxylation is 1. The van der Waals surface area contributed by atoms with Crippen molar-refractivity contribution in [3.63, 3.8) is 0 Å². The summed E-state index contributed by atoms with van der Waals surface area (Å²) in [5.74, 6) is 1.52. The van der Waals surface area contributed by atoms with Gasteiger partial charge in [-0.1, -0.05) is 38.7 Å². The molecule has 2 unspecified atom stereocenters. The zero-order valence-electron chi connectivity index (χ0n) is 21.0. The van der Waals surface area contributed by atoms with Crippen LogP contribution in [0.1, 0.15) is 90.2 Å². The molecule has 1 aliphatic carbocycles. The van der Waals surface area contributed by atoms with E-state index in [9.17, 15) is 4.79 Å². The second-order valence-electron chi connectivity index (χ2n) is 9.99. The highest BCUT2D eigenvalue weighted by atomic mass is 16.5. The number of carbonyl (C=O) groups is 1. The minimum Gasteiger partial charge on any atom is -0.497 e. The average molecular weight is 441 g/mol. The van der Waals surface area contributed by atoms with Crippen LogP contribution in [0.2, 0.25) is 0 Å². The Labute approximate surface area is 195 Å². The molecule has 0 saturated carbocycles. The maximum atomic E-state index is 13.3. The van der Waals surface area contributed by atoms with Crippen LogP contribution < -0.4 is 10.1 Å². The molecule has 1 amide bonds. The summed E-state index contributed by atoms with van der Waals surface area (Å²) >= 11 is 0. The summed E-state index contributed by atoms with van der Waals surface area (Å²) in [6, 6.07) is 7.23. The Hall–Kier alpha value is -1.81. The van der Waals surface area contributed by atoms with Crippen LogP contribution in [0.3, 0.4) is 0 Å². The number of unbranched alkanes of at least 4 members (excludes halogenated alkanes) is 4. The lowest BCUT2D eigenvalue weighted by Crippen LogP contribution is -2.40. The van der Waals surface area contributed by atoms with Crippen molar-refractivity contribution in [1.29, 1.82) is 0 Å². The number of ether oxygens (including phenoxy) is 1. The summed E-state index contributed by atoms with van der Waals surface area (Å²) in [4.78, 5) is 15.9. The second-order valence-corrected chi connectivity index (χ2v) is 9.99. The first-order chi connectivity index (χ1) is 15.5. The first kappa shape index (κ1) is 24.8. The number of rotatable bonds is 11. The molecule has 4 heteroatoms.